The van der Waals surface area contributed by atoms with Crippen LogP contribution in [0.3, 0.4) is 0 Å². The van der Waals surface area contributed by atoms with E-state index >= 15 is 0 Å². The first kappa shape index (κ1) is 22.2. The molecule has 0 saturated carbocycles. The molecule has 0 aromatic heterocycles. The molecule has 1 amide bonds. The Balaban J connectivity index is 2.29. The molecule has 0 bridgehead atoms. The maximum Gasteiger partial charge on any atom is 0.245 e. The molecule has 0 saturated heterocycles. The van der Waals surface area contributed by atoms with Crippen LogP contribution in [-0.4, -0.2) is 55.6 Å². The average molecular weight is 424 g/mol. The molecule has 2 rings (SSSR count). The maximum absolute atomic E-state index is 12.6. The first-order chi connectivity index (χ1) is 13.7. The Morgan fingerprint density at radius 3 is 2.10 bits per heavy atom. The third-order valence-corrected chi connectivity index (χ3v) is 5.17. The van der Waals surface area contributed by atoms with E-state index < -0.39 is 22.5 Å². The van der Waals surface area contributed by atoms with Crippen molar-refractivity contribution in [2.75, 3.05) is 50.9 Å². The second-order valence-electron chi connectivity index (χ2n) is 5.92. The molecule has 0 spiro atoms. The van der Waals surface area contributed by atoms with E-state index in [1.807, 2.05) is 0 Å². The van der Waals surface area contributed by atoms with Gasteiger partial charge < -0.3 is 24.3 Å². The quantitative estimate of drug-likeness (QED) is 0.658. The van der Waals surface area contributed by atoms with Crippen molar-refractivity contribution in [3.05, 3.63) is 36.4 Å². The van der Waals surface area contributed by atoms with Crippen LogP contribution in [0.2, 0.25) is 0 Å². The fraction of sp³-hybridized carbons (Fsp3) is 0.316. The lowest BCUT2D eigenvalue weighted by atomic mass is 10.2. The van der Waals surface area contributed by atoms with Crippen LogP contribution in [0.4, 0.5) is 11.4 Å². The number of ether oxygens (including phenoxy) is 4. The zero-order valence-corrected chi connectivity index (χ0v) is 17.7. The highest BCUT2D eigenvalue weighted by atomic mass is 32.2. The molecular weight excluding hydrogens is 400 g/mol. The zero-order chi connectivity index (χ0) is 21.6. The number of sulfonamides is 1. The molecular formula is C19H24N2O7S. The molecule has 0 unspecified atom stereocenters. The van der Waals surface area contributed by atoms with Crippen molar-refractivity contribution in [2.24, 2.45) is 0 Å². The molecule has 0 aliphatic carbocycles. The summed E-state index contributed by atoms with van der Waals surface area (Å²) in [6.07, 6.45) is 1.02. The predicted octanol–water partition coefficient (Wildman–Crippen LogP) is 2.13. The van der Waals surface area contributed by atoms with Crippen LogP contribution in [-0.2, 0) is 14.8 Å². The number of anilines is 2. The van der Waals surface area contributed by atoms with Gasteiger partial charge >= 0.3 is 0 Å². The summed E-state index contributed by atoms with van der Waals surface area (Å²) in [4.78, 5) is 12.6. The van der Waals surface area contributed by atoms with Gasteiger partial charge in [-0.15, -0.1) is 0 Å². The summed E-state index contributed by atoms with van der Waals surface area (Å²) in [7, 11) is 2.13. The van der Waals surface area contributed by atoms with E-state index in [0.717, 1.165) is 10.6 Å². The molecule has 1 N–H and O–H groups in total. The highest BCUT2D eigenvalue weighted by Crippen LogP contribution is 2.33. The third-order valence-electron chi connectivity index (χ3n) is 4.03. The Morgan fingerprint density at radius 1 is 0.897 bits per heavy atom. The van der Waals surface area contributed by atoms with E-state index in [0.29, 0.717) is 28.7 Å². The summed E-state index contributed by atoms with van der Waals surface area (Å²) in [6.45, 7) is -0.441. The van der Waals surface area contributed by atoms with Gasteiger partial charge in [0.2, 0.25) is 15.9 Å². The third kappa shape index (κ3) is 5.44. The van der Waals surface area contributed by atoms with Gasteiger partial charge in [0, 0.05) is 12.1 Å². The second kappa shape index (κ2) is 9.37. The molecule has 0 heterocycles. The standard InChI is InChI=1S/C19H24N2O7S/c1-25-14-7-8-15(17(11-14)27-3)20-19(22)12-21(29(5,23)24)13-6-9-16(26-2)18(10-13)28-4/h6-11H,12H2,1-5H3,(H,20,22). The van der Waals surface area contributed by atoms with E-state index in [1.165, 1.54) is 40.6 Å². The number of rotatable bonds is 9. The highest BCUT2D eigenvalue weighted by molar-refractivity contribution is 7.92. The Kier molecular flexibility index (Phi) is 7.16. The molecule has 0 atom stereocenters. The summed E-state index contributed by atoms with van der Waals surface area (Å²) in [5.74, 6) is 1.18. The Morgan fingerprint density at radius 2 is 1.55 bits per heavy atom. The van der Waals surface area contributed by atoms with Crippen LogP contribution < -0.4 is 28.6 Å². The lowest BCUT2D eigenvalue weighted by Crippen LogP contribution is -2.37. The molecule has 2 aromatic carbocycles. The number of carbonyl (C=O) groups is 1. The highest BCUT2D eigenvalue weighted by Gasteiger charge is 2.23. The van der Waals surface area contributed by atoms with Crippen LogP contribution in [0, 0.1) is 0 Å². The van der Waals surface area contributed by atoms with Crippen molar-refractivity contribution >= 4 is 27.3 Å². The summed E-state index contributed by atoms with van der Waals surface area (Å²) in [5, 5.41) is 2.65. The fourth-order valence-electron chi connectivity index (χ4n) is 2.60. The molecule has 10 heteroatoms. The SMILES string of the molecule is COc1ccc(NC(=O)CN(c2ccc(OC)c(OC)c2)S(C)(=O)=O)c(OC)c1. The van der Waals surface area contributed by atoms with Gasteiger partial charge in [0.05, 0.1) is 46.1 Å². The van der Waals surface area contributed by atoms with E-state index in [-0.39, 0.29) is 5.69 Å². The minimum atomic E-state index is -3.75. The minimum Gasteiger partial charge on any atom is -0.497 e. The molecule has 29 heavy (non-hydrogen) atoms. The van der Waals surface area contributed by atoms with Gasteiger partial charge in [-0.2, -0.15) is 0 Å². The first-order valence-corrected chi connectivity index (χ1v) is 10.3. The molecule has 2 aromatic rings. The van der Waals surface area contributed by atoms with Crippen LogP contribution in [0.15, 0.2) is 36.4 Å². The van der Waals surface area contributed by atoms with Crippen LogP contribution in [0.25, 0.3) is 0 Å². The van der Waals surface area contributed by atoms with Crippen molar-refractivity contribution < 1.29 is 32.2 Å². The van der Waals surface area contributed by atoms with E-state index in [1.54, 1.807) is 24.3 Å². The van der Waals surface area contributed by atoms with Gasteiger partial charge in [-0.3, -0.25) is 9.10 Å². The van der Waals surface area contributed by atoms with Crippen molar-refractivity contribution in [3.63, 3.8) is 0 Å². The zero-order valence-electron chi connectivity index (χ0n) is 16.9. The Hall–Kier alpha value is -3.14. The summed E-state index contributed by atoms with van der Waals surface area (Å²) in [5.41, 5.74) is 0.654. The molecule has 158 valence electrons. The molecule has 0 aliphatic heterocycles. The van der Waals surface area contributed by atoms with Crippen LogP contribution >= 0.6 is 0 Å². The van der Waals surface area contributed by atoms with Gasteiger partial charge in [-0.25, -0.2) is 8.42 Å². The normalized spacial score (nSPS) is 10.8. The maximum atomic E-state index is 12.6. The van der Waals surface area contributed by atoms with Crippen LogP contribution in [0.5, 0.6) is 23.0 Å². The van der Waals surface area contributed by atoms with Crippen molar-refractivity contribution in [1.29, 1.82) is 0 Å². The number of carbonyl (C=O) groups excluding carboxylic acids is 1. The fourth-order valence-corrected chi connectivity index (χ4v) is 3.45. The number of hydrogen-bond acceptors (Lipinski definition) is 7. The van der Waals surface area contributed by atoms with E-state index in [2.05, 4.69) is 5.32 Å². The van der Waals surface area contributed by atoms with Gasteiger partial charge in [0.25, 0.3) is 0 Å². The van der Waals surface area contributed by atoms with Gasteiger partial charge in [0.1, 0.15) is 18.0 Å². The predicted molar refractivity (Wildman–Crippen MR) is 110 cm³/mol. The second-order valence-corrected chi connectivity index (χ2v) is 7.83. The van der Waals surface area contributed by atoms with Gasteiger partial charge in [-0.05, 0) is 24.3 Å². The number of methoxy groups -OCH3 is 4. The van der Waals surface area contributed by atoms with Gasteiger partial charge in [-0.1, -0.05) is 0 Å². The van der Waals surface area contributed by atoms with Gasteiger partial charge in [0.15, 0.2) is 11.5 Å². The van der Waals surface area contributed by atoms with Crippen molar-refractivity contribution in [2.45, 2.75) is 0 Å². The van der Waals surface area contributed by atoms with E-state index in [9.17, 15) is 13.2 Å². The lowest BCUT2D eigenvalue weighted by molar-refractivity contribution is -0.114. The lowest BCUT2D eigenvalue weighted by Gasteiger charge is -2.23. The Labute approximate surface area is 170 Å². The van der Waals surface area contributed by atoms with Crippen molar-refractivity contribution in [1.82, 2.24) is 0 Å². The van der Waals surface area contributed by atoms with Crippen LogP contribution in [0.1, 0.15) is 0 Å². The first-order valence-electron chi connectivity index (χ1n) is 8.45. The number of nitrogens with one attached hydrogen (secondary N) is 1. The van der Waals surface area contributed by atoms with Crippen molar-refractivity contribution in [3.8, 4) is 23.0 Å². The Bertz CT molecular complexity index is 977. The molecule has 0 fully saturated rings. The molecule has 0 radical (unpaired) electrons. The van der Waals surface area contributed by atoms with E-state index in [4.69, 9.17) is 18.9 Å². The topological polar surface area (TPSA) is 103 Å². The largest absolute Gasteiger partial charge is 0.497 e. The number of benzene rings is 2. The summed E-state index contributed by atoms with van der Waals surface area (Å²) >= 11 is 0. The number of hydrogen-bond donors (Lipinski definition) is 1. The summed E-state index contributed by atoms with van der Waals surface area (Å²) in [6, 6.07) is 9.46. The summed E-state index contributed by atoms with van der Waals surface area (Å²) < 4.78 is 46.3. The number of amides is 1. The molecule has 0 aliphatic rings. The monoisotopic (exact) mass is 424 g/mol. The number of nitrogens with zero attached hydrogens (tertiary/aromatic N) is 1. The molecule has 9 nitrogen and oxygen atoms in total. The minimum absolute atomic E-state index is 0.266. The average Bonchev–Trinajstić information content (AvgIpc) is 2.70. The smallest absolute Gasteiger partial charge is 0.245 e.